The van der Waals surface area contributed by atoms with Gasteiger partial charge in [-0.15, -0.1) is 0 Å². The quantitative estimate of drug-likeness (QED) is 0.808. The van der Waals surface area contributed by atoms with Crippen molar-refractivity contribution in [1.29, 1.82) is 0 Å². The normalized spacial score (nSPS) is 18.0. The van der Waals surface area contributed by atoms with Crippen LogP contribution >= 0.6 is 0 Å². The van der Waals surface area contributed by atoms with Gasteiger partial charge in [-0.05, 0) is 43.4 Å². The number of aryl methyl sites for hydroxylation is 1. The number of ether oxygens (including phenoxy) is 1. The number of piperidine rings is 1. The number of rotatable bonds is 3. The average molecular weight is 381 g/mol. The molecule has 148 valence electrons. The first-order valence-corrected chi connectivity index (χ1v) is 9.84. The lowest BCUT2D eigenvalue weighted by molar-refractivity contribution is -0.140. The highest BCUT2D eigenvalue weighted by molar-refractivity contribution is 5.78. The van der Waals surface area contributed by atoms with Gasteiger partial charge in [-0.1, -0.05) is 6.07 Å². The summed E-state index contributed by atoms with van der Waals surface area (Å²) in [6.45, 7) is 4.02. The lowest BCUT2D eigenvalue weighted by atomic mass is 9.83. The number of aromatic nitrogens is 3. The largest absolute Gasteiger partial charge is 0.368 e. The van der Waals surface area contributed by atoms with Gasteiger partial charge in [0, 0.05) is 39.6 Å². The molecular formula is C21H27N5O2. The number of hydrogen-bond acceptors (Lipinski definition) is 6. The molecule has 0 saturated carbocycles. The van der Waals surface area contributed by atoms with Crippen LogP contribution in [0, 0.1) is 6.92 Å². The van der Waals surface area contributed by atoms with E-state index in [1.54, 1.807) is 6.20 Å². The summed E-state index contributed by atoms with van der Waals surface area (Å²) in [6, 6.07) is 3.89. The molecule has 2 aliphatic heterocycles. The third kappa shape index (κ3) is 3.46. The summed E-state index contributed by atoms with van der Waals surface area (Å²) in [5, 5.41) is 0. The van der Waals surface area contributed by atoms with E-state index in [0.29, 0.717) is 32.1 Å². The van der Waals surface area contributed by atoms with Crippen molar-refractivity contribution in [2.45, 2.75) is 38.2 Å². The molecule has 2 aliphatic rings. The van der Waals surface area contributed by atoms with E-state index < -0.39 is 5.60 Å². The molecule has 0 aromatic carbocycles. The number of carbonyl (C=O) groups excluding carboxylic acids is 1. The first kappa shape index (κ1) is 18.8. The number of fused-ring (bicyclic) bond motifs is 2. The van der Waals surface area contributed by atoms with Gasteiger partial charge in [0.05, 0.1) is 24.4 Å². The Morgan fingerprint density at radius 1 is 1.29 bits per heavy atom. The van der Waals surface area contributed by atoms with E-state index in [2.05, 4.69) is 9.97 Å². The first-order valence-electron chi connectivity index (χ1n) is 9.84. The molecule has 1 saturated heterocycles. The SMILES string of the molecule is Cc1cccnc1CC(=O)N1CCC2(CC1)OCCc1cnc(N(C)C)nc12. The molecular weight excluding hydrogens is 354 g/mol. The lowest BCUT2D eigenvalue weighted by Crippen LogP contribution is -2.49. The minimum absolute atomic E-state index is 0.129. The molecule has 28 heavy (non-hydrogen) atoms. The van der Waals surface area contributed by atoms with Crippen LogP contribution in [-0.2, 0) is 28.0 Å². The van der Waals surface area contributed by atoms with Crippen molar-refractivity contribution in [3.8, 4) is 0 Å². The number of nitrogens with zero attached hydrogens (tertiary/aromatic N) is 5. The van der Waals surface area contributed by atoms with E-state index in [-0.39, 0.29) is 5.91 Å². The van der Waals surface area contributed by atoms with E-state index in [4.69, 9.17) is 9.72 Å². The van der Waals surface area contributed by atoms with Gasteiger partial charge in [-0.3, -0.25) is 9.78 Å². The van der Waals surface area contributed by atoms with Crippen molar-refractivity contribution in [2.24, 2.45) is 0 Å². The summed E-state index contributed by atoms with van der Waals surface area (Å²) in [7, 11) is 3.89. The number of likely N-dealkylation sites (tertiary alicyclic amines) is 1. The van der Waals surface area contributed by atoms with Crippen LogP contribution in [-0.4, -0.2) is 59.6 Å². The summed E-state index contributed by atoms with van der Waals surface area (Å²) >= 11 is 0. The molecule has 0 aliphatic carbocycles. The molecule has 2 aromatic rings. The number of hydrogen-bond donors (Lipinski definition) is 0. The zero-order chi connectivity index (χ0) is 19.7. The van der Waals surface area contributed by atoms with Crippen LogP contribution in [0.5, 0.6) is 0 Å². The van der Waals surface area contributed by atoms with Crippen LogP contribution in [0.2, 0.25) is 0 Å². The Labute approximate surface area is 165 Å². The van der Waals surface area contributed by atoms with Crippen LogP contribution in [0.4, 0.5) is 5.95 Å². The maximum Gasteiger partial charge on any atom is 0.228 e. The molecule has 0 radical (unpaired) electrons. The van der Waals surface area contributed by atoms with Crippen LogP contribution in [0.1, 0.15) is 35.4 Å². The molecule has 7 heteroatoms. The molecule has 2 aromatic heterocycles. The lowest BCUT2D eigenvalue weighted by Gasteiger charge is -2.44. The molecule has 0 atom stereocenters. The Morgan fingerprint density at radius 2 is 2.07 bits per heavy atom. The number of carbonyl (C=O) groups is 1. The van der Waals surface area contributed by atoms with E-state index in [9.17, 15) is 4.79 Å². The Bertz CT molecular complexity index is 875. The van der Waals surface area contributed by atoms with Gasteiger partial charge >= 0.3 is 0 Å². The topological polar surface area (TPSA) is 71.5 Å². The monoisotopic (exact) mass is 381 g/mol. The van der Waals surface area contributed by atoms with Crippen LogP contribution < -0.4 is 4.90 Å². The third-order valence-corrected chi connectivity index (χ3v) is 5.79. The zero-order valence-electron chi connectivity index (χ0n) is 16.8. The predicted octanol–water partition coefficient (Wildman–Crippen LogP) is 1.88. The Balaban J connectivity index is 1.49. The number of amides is 1. The van der Waals surface area contributed by atoms with E-state index in [0.717, 1.165) is 36.2 Å². The summed E-state index contributed by atoms with van der Waals surface area (Å²) in [6.07, 6.45) is 6.39. The highest BCUT2D eigenvalue weighted by Gasteiger charge is 2.43. The summed E-state index contributed by atoms with van der Waals surface area (Å²) in [5.74, 6) is 0.831. The average Bonchev–Trinajstić information content (AvgIpc) is 2.70. The second-order valence-electron chi connectivity index (χ2n) is 7.86. The van der Waals surface area contributed by atoms with Gasteiger partial charge in [0.25, 0.3) is 0 Å². The predicted molar refractivity (Wildman–Crippen MR) is 106 cm³/mol. The van der Waals surface area contributed by atoms with Gasteiger partial charge in [0.2, 0.25) is 11.9 Å². The van der Waals surface area contributed by atoms with E-state index in [1.807, 2.05) is 49.1 Å². The van der Waals surface area contributed by atoms with Crippen molar-refractivity contribution in [3.63, 3.8) is 0 Å². The minimum Gasteiger partial charge on any atom is -0.368 e. The van der Waals surface area contributed by atoms with Crippen molar-refractivity contribution in [2.75, 3.05) is 38.7 Å². The van der Waals surface area contributed by atoms with Crippen LogP contribution in [0.3, 0.4) is 0 Å². The van der Waals surface area contributed by atoms with Gasteiger partial charge in [0.1, 0.15) is 5.60 Å². The fraction of sp³-hybridized carbons (Fsp3) is 0.524. The van der Waals surface area contributed by atoms with Crippen molar-refractivity contribution in [1.82, 2.24) is 19.9 Å². The summed E-state index contributed by atoms with van der Waals surface area (Å²) in [4.78, 5) is 30.3. The van der Waals surface area contributed by atoms with Crippen molar-refractivity contribution < 1.29 is 9.53 Å². The first-order chi connectivity index (χ1) is 13.5. The second kappa shape index (κ2) is 7.47. The molecule has 1 amide bonds. The van der Waals surface area contributed by atoms with E-state index in [1.165, 1.54) is 5.56 Å². The maximum absolute atomic E-state index is 12.8. The van der Waals surface area contributed by atoms with Crippen LogP contribution in [0.15, 0.2) is 24.5 Å². The smallest absolute Gasteiger partial charge is 0.228 e. The fourth-order valence-electron chi connectivity index (χ4n) is 4.07. The highest BCUT2D eigenvalue weighted by atomic mass is 16.5. The summed E-state index contributed by atoms with van der Waals surface area (Å²) in [5.41, 5.74) is 3.68. The number of anilines is 1. The Morgan fingerprint density at radius 3 is 2.79 bits per heavy atom. The molecule has 4 rings (SSSR count). The molecule has 0 bridgehead atoms. The molecule has 7 nitrogen and oxygen atoms in total. The molecule has 1 fully saturated rings. The maximum atomic E-state index is 12.8. The van der Waals surface area contributed by atoms with E-state index >= 15 is 0 Å². The molecule has 1 spiro atoms. The number of pyridine rings is 1. The van der Waals surface area contributed by atoms with Gasteiger partial charge < -0.3 is 14.5 Å². The van der Waals surface area contributed by atoms with Crippen molar-refractivity contribution >= 4 is 11.9 Å². The minimum atomic E-state index is -0.404. The Hall–Kier alpha value is -2.54. The van der Waals surface area contributed by atoms with Crippen molar-refractivity contribution in [3.05, 3.63) is 47.0 Å². The van der Waals surface area contributed by atoms with Gasteiger partial charge in [-0.25, -0.2) is 9.97 Å². The van der Waals surface area contributed by atoms with Gasteiger partial charge in [-0.2, -0.15) is 0 Å². The fourth-order valence-corrected chi connectivity index (χ4v) is 4.07. The molecule has 0 N–H and O–H groups in total. The standard InChI is InChI=1S/C21H27N5O2/c1-15-5-4-9-22-17(15)13-18(27)26-10-7-21(8-11-26)19-16(6-12-28-21)14-23-20(24-19)25(2)3/h4-5,9,14H,6-8,10-13H2,1-3H3. The highest BCUT2D eigenvalue weighted by Crippen LogP contribution is 2.40. The second-order valence-corrected chi connectivity index (χ2v) is 7.86. The molecule has 0 unspecified atom stereocenters. The molecule has 4 heterocycles. The van der Waals surface area contributed by atoms with Gasteiger partial charge in [0.15, 0.2) is 0 Å². The summed E-state index contributed by atoms with van der Waals surface area (Å²) < 4.78 is 6.27. The third-order valence-electron chi connectivity index (χ3n) is 5.79. The zero-order valence-corrected chi connectivity index (χ0v) is 16.8. The Kier molecular flexibility index (Phi) is 5.02. The van der Waals surface area contributed by atoms with Crippen LogP contribution in [0.25, 0.3) is 0 Å².